The van der Waals surface area contributed by atoms with Gasteiger partial charge in [0.05, 0.1) is 18.6 Å². The predicted molar refractivity (Wildman–Crippen MR) is 77.7 cm³/mol. The van der Waals surface area contributed by atoms with Crippen LogP contribution in [0.1, 0.15) is 23.4 Å². The van der Waals surface area contributed by atoms with Crippen molar-refractivity contribution in [2.75, 3.05) is 6.54 Å². The summed E-state index contributed by atoms with van der Waals surface area (Å²) in [5, 5.41) is 0. The van der Waals surface area contributed by atoms with Gasteiger partial charge in [-0.1, -0.05) is 0 Å². The molecule has 3 rings (SSSR count). The summed E-state index contributed by atoms with van der Waals surface area (Å²) in [7, 11) is 1.98. The van der Waals surface area contributed by atoms with Gasteiger partial charge in [-0.25, -0.2) is 4.98 Å². The van der Waals surface area contributed by atoms with E-state index in [1.807, 2.05) is 29.9 Å². The Morgan fingerprint density at radius 1 is 1.48 bits per heavy atom. The molecule has 6 heteroatoms. The Hall–Kier alpha value is -2.37. The molecule has 3 heterocycles. The third kappa shape index (κ3) is 2.74. The Morgan fingerprint density at radius 2 is 2.33 bits per heavy atom. The van der Waals surface area contributed by atoms with Crippen LogP contribution in [0.3, 0.4) is 0 Å². The van der Waals surface area contributed by atoms with Gasteiger partial charge in [0.2, 0.25) is 5.91 Å². The summed E-state index contributed by atoms with van der Waals surface area (Å²) in [4.78, 5) is 32.5. The summed E-state index contributed by atoms with van der Waals surface area (Å²) in [5.41, 5.74) is 2.49. The predicted octanol–water partition coefficient (Wildman–Crippen LogP) is 0.626. The van der Waals surface area contributed by atoms with Crippen molar-refractivity contribution < 1.29 is 4.79 Å². The van der Waals surface area contributed by atoms with E-state index in [-0.39, 0.29) is 11.5 Å². The summed E-state index contributed by atoms with van der Waals surface area (Å²) in [6, 6.07) is 4.01. The van der Waals surface area contributed by atoms with Crippen LogP contribution in [0.25, 0.3) is 0 Å². The first-order chi connectivity index (χ1) is 10.1. The van der Waals surface area contributed by atoms with Crippen molar-refractivity contribution in [1.82, 2.24) is 19.4 Å². The first-order valence-corrected chi connectivity index (χ1v) is 7.08. The zero-order valence-corrected chi connectivity index (χ0v) is 12.0. The Kier molecular flexibility index (Phi) is 3.60. The van der Waals surface area contributed by atoms with Crippen molar-refractivity contribution in [3.8, 4) is 0 Å². The number of nitrogens with one attached hydrogen (secondary N) is 1. The lowest BCUT2D eigenvalue weighted by Crippen LogP contribution is -2.39. The minimum Gasteiger partial charge on any atom is -0.354 e. The fourth-order valence-electron chi connectivity index (χ4n) is 2.73. The maximum Gasteiger partial charge on any atom is 0.254 e. The molecule has 1 aliphatic heterocycles. The normalized spacial score (nSPS) is 14.0. The molecule has 0 atom stereocenters. The number of aryl methyl sites for hydroxylation is 2. The second-order valence-electron chi connectivity index (χ2n) is 5.33. The van der Waals surface area contributed by atoms with Crippen molar-refractivity contribution >= 4 is 5.91 Å². The van der Waals surface area contributed by atoms with Crippen LogP contribution in [0.4, 0.5) is 0 Å². The Bertz CT molecular complexity index is 716. The zero-order valence-electron chi connectivity index (χ0n) is 12.0. The van der Waals surface area contributed by atoms with Gasteiger partial charge >= 0.3 is 0 Å². The number of nitrogens with zero attached hydrogens (tertiary/aromatic N) is 3. The summed E-state index contributed by atoms with van der Waals surface area (Å²) >= 11 is 0. The molecule has 1 amide bonds. The topological polar surface area (TPSA) is 71.0 Å². The molecular formula is C15H18N4O2. The van der Waals surface area contributed by atoms with Gasteiger partial charge in [0, 0.05) is 37.5 Å². The number of fused-ring (bicyclic) bond motifs is 1. The van der Waals surface area contributed by atoms with E-state index in [1.54, 1.807) is 4.90 Å². The van der Waals surface area contributed by atoms with E-state index in [4.69, 9.17) is 0 Å². The lowest BCUT2D eigenvalue weighted by Gasteiger charge is -2.27. The molecule has 0 aromatic carbocycles. The molecule has 2 aromatic heterocycles. The van der Waals surface area contributed by atoms with Gasteiger partial charge in [0.1, 0.15) is 0 Å². The quantitative estimate of drug-likeness (QED) is 0.899. The zero-order chi connectivity index (χ0) is 14.8. The fourth-order valence-corrected chi connectivity index (χ4v) is 2.73. The number of aromatic nitrogens is 3. The van der Waals surface area contributed by atoms with Crippen LogP contribution >= 0.6 is 0 Å². The SMILES string of the molecule is Cn1cccc1CCC(=O)N1CCc2c(nc[nH]c2=O)C1. The Labute approximate surface area is 122 Å². The maximum atomic E-state index is 12.3. The van der Waals surface area contributed by atoms with E-state index in [1.165, 1.54) is 6.33 Å². The van der Waals surface area contributed by atoms with Gasteiger partial charge in [0.25, 0.3) is 5.56 Å². The largest absolute Gasteiger partial charge is 0.354 e. The molecule has 0 aliphatic carbocycles. The number of aromatic amines is 1. The second-order valence-corrected chi connectivity index (χ2v) is 5.33. The third-order valence-electron chi connectivity index (χ3n) is 4.01. The van der Waals surface area contributed by atoms with Crippen molar-refractivity contribution in [1.29, 1.82) is 0 Å². The Balaban J connectivity index is 1.65. The molecule has 0 unspecified atom stereocenters. The number of carbonyl (C=O) groups is 1. The van der Waals surface area contributed by atoms with E-state index in [0.717, 1.165) is 17.8 Å². The number of H-pyrrole nitrogens is 1. The summed E-state index contributed by atoms with van der Waals surface area (Å²) < 4.78 is 2.03. The van der Waals surface area contributed by atoms with Crippen LogP contribution < -0.4 is 5.56 Å². The van der Waals surface area contributed by atoms with Gasteiger partial charge in [-0.05, 0) is 25.0 Å². The number of hydrogen-bond acceptors (Lipinski definition) is 3. The number of carbonyl (C=O) groups excluding carboxylic acids is 1. The number of hydrogen-bond donors (Lipinski definition) is 1. The molecule has 6 nitrogen and oxygen atoms in total. The second kappa shape index (κ2) is 5.55. The van der Waals surface area contributed by atoms with Crippen LogP contribution in [-0.4, -0.2) is 31.9 Å². The third-order valence-corrected chi connectivity index (χ3v) is 4.01. The number of rotatable bonds is 3. The molecule has 0 fully saturated rings. The molecular weight excluding hydrogens is 268 g/mol. The van der Waals surface area contributed by atoms with Crippen LogP contribution in [0.2, 0.25) is 0 Å². The average molecular weight is 286 g/mol. The molecule has 0 bridgehead atoms. The van der Waals surface area contributed by atoms with E-state index in [2.05, 4.69) is 9.97 Å². The van der Waals surface area contributed by atoms with Crippen molar-refractivity contribution in [3.05, 3.63) is 52.0 Å². The average Bonchev–Trinajstić information content (AvgIpc) is 2.90. The highest BCUT2D eigenvalue weighted by molar-refractivity contribution is 5.76. The minimum absolute atomic E-state index is 0.0871. The Morgan fingerprint density at radius 3 is 3.10 bits per heavy atom. The van der Waals surface area contributed by atoms with Crippen molar-refractivity contribution in [2.24, 2.45) is 7.05 Å². The first kappa shape index (κ1) is 13.6. The molecule has 0 radical (unpaired) electrons. The molecule has 2 aromatic rings. The van der Waals surface area contributed by atoms with E-state index in [9.17, 15) is 9.59 Å². The molecule has 0 saturated carbocycles. The smallest absolute Gasteiger partial charge is 0.254 e. The molecule has 1 aliphatic rings. The monoisotopic (exact) mass is 286 g/mol. The summed E-state index contributed by atoms with van der Waals surface area (Å²) in [5.74, 6) is 0.115. The van der Waals surface area contributed by atoms with Crippen LogP contribution in [0.5, 0.6) is 0 Å². The van der Waals surface area contributed by atoms with Crippen molar-refractivity contribution in [2.45, 2.75) is 25.8 Å². The van der Waals surface area contributed by atoms with Gasteiger partial charge in [0.15, 0.2) is 0 Å². The lowest BCUT2D eigenvalue weighted by atomic mass is 10.1. The fraction of sp³-hybridized carbons (Fsp3) is 0.400. The van der Waals surface area contributed by atoms with E-state index < -0.39 is 0 Å². The summed E-state index contributed by atoms with van der Waals surface area (Å²) in [6.07, 6.45) is 5.17. The van der Waals surface area contributed by atoms with Crippen molar-refractivity contribution in [3.63, 3.8) is 0 Å². The molecule has 0 spiro atoms. The van der Waals surface area contributed by atoms with E-state index in [0.29, 0.717) is 31.5 Å². The van der Waals surface area contributed by atoms with Crippen LogP contribution in [0, 0.1) is 0 Å². The van der Waals surface area contributed by atoms with Gasteiger partial charge in [-0.3, -0.25) is 9.59 Å². The van der Waals surface area contributed by atoms with Crippen LogP contribution in [0.15, 0.2) is 29.5 Å². The van der Waals surface area contributed by atoms with Gasteiger partial charge in [-0.2, -0.15) is 0 Å². The minimum atomic E-state index is -0.0871. The molecule has 0 saturated heterocycles. The summed E-state index contributed by atoms with van der Waals surface area (Å²) in [6.45, 7) is 1.03. The molecule has 110 valence electrons. The van der Waals surface area contributed by atoms with Gasteiger partial charge in [-0.15, -0.1) is 0 Å². The standard InChI is InChI=1S/C15H18N4O2/c1-18-7-2-3-11(18)4-5-14(20)19-8-6-12-13(9-19)16-10-17-15(12)21/h2-3,7,10H,4-6,8-9H2,1H3,(H,16,17,21). The molecule has 1 N–H and O–H groups in total. The highest BCUT2D eigenvalue weighted by Crippen LogP contribution is 2.14. The first-order valence-electron chi connectivity index (χ1n) is 7.08. The highest BCUT2D eigenvalue weighted by Gasteiger charge is 2.23. The van der Waals surface area contributed by atoms with Gasteiger partial charge < -0.3 is 14.5 Å². The lowest BCUT2D eigenvalue weighted by molar-refractivity contribution is -0.132. The molecule has 21 heavy (non-hydrogen) atoms. The number of amides is 1. The van der Waals surface area contributed by atoms with E-state index >= 15 is 0 Å². The highest BCUT2D eigenvalue weighted by atomic mass is 16.2. The van der Waals surface area contributed by atoms with Crippen LogP contribution in [-0.2, 0) is 31.2 Å². The maximum absolute atomic E-state index is 12.3.